The van der Waals surface area contributed by atoms with E-state index in [0.717, 1.165) is 43.2 Å². The minimum Gasteiger partial charge on any atom is -0.481 e. The summed E-state index contributed by atoms with van der Waals surface area (Å²) in [5.41, 5.74) is 2.12. The summed E-state index contributed by atoms with van der Waals surface area (Å²) in [4.78, 5) is 2.23. The minimum absolute atomic E-state index is 0.178. The second-order valence-electron chi connectivity index (χ2n) is 4.37. The Morgan fingerprint density at radius 3 is 2.88 bits per heavy atom. The fraction of sp³-hybridized carbons (Fsp3) is 0.727. The number of rotatable bonds is 3. The maximum Gasteiger partial charge on any atom is 0.216 e. The van der Waals surface area contributed by atoms with Crippen molar-refractivity contribution in [1.82, 2.24) is 14.7 Å². The van der Waals surface area contributed by atoms with E-state index < -0.39 is 0 Å². The Labute approximate surface area is 95.6 Å². The highest BCUT2D eigenvalue weighted by atomic mass is 16.5. The molecule has 1 aliphatic rings. The van der Waals surface area contributed by atoms with Crippen LogP contribution < -0.4 is 4.74 Å². The average Bonchev–Trinajstić information content (AvgIpc) is 2.73. The van der Waals surface area contributed by atoms with E-state index in [0.29, 0.717) is 0 Å². The largest absolute Gasteiger partial charge is 0.481 e. The molecule has 1 fully saturated rings. The van der Waals surface area contributed by atoms with Crippen LogP contribution in [-0.2, 0) is 13.6 Å². The van der Waals surface area contributed by atoms with Crippen LogP contribution in [0.1, 0.15) is 17.7 Å². The second kappa shape index (κ2) is 4.43. The zero-order valence-electron chi connectivity index (χ0n) is 10.1. The third-order valence-corrected chi connectivity index (χ3v) is 3.11. The zero-order chi connectivity index (χ0) is 11.7. The maximum atomic E-state index is 9.48. The molecule has 0 saturated carbocycles. The van der Waals surface area contributed by atoms with Crippen molar-refractivity contribution in [1.29, 1.82) is 0 Å². The third-order valence-electron chi connectivity index (χ3n) is 3.11. The van der Waals surface area contributed by atoms with Crippen molar-refractivity contribution in [2.24, 2.45) is 7.05 Å². The van der Waals surface area contributed by atoms with E-state index in [9.17, 15) is 5.11 Å². The van der Waals surface area contributed by atoms with Crippen molar-refractivity contribution in [3.63, 3.8) is 0 Å². The van der Waals surface area contributed by atoms with Crippen LogP contribution >= 0.6 is 0 Å². The second-order valence-corrected chi connectivity index (χ2v) is 4.37. The highest BCUT2D eigenvalue weighted by Crippen LogP contribution is 2.24. The van der Waals surface area contributed by atoms with Gasteiger partial charge in [0.05, 0.1) is 24.5 Å². The number of aromatic nitrogens is 2. The van der Waals surface area contributed by atoms with Crippen molar-refractivity contribution in [2.75, 3.05) is 20.2 Å². The van der Waals surface area contributed by atoms with Gasteiger partial charge in [-0.15, -0.1) is 0 Å². The summed E-state index contributed by atoms with van der Waals surface area (Å²) in [7, 11) is 3.55. The molecule has 1 aliphatic heterocycles. The Bertz CT molecular complexity index is 376. The topological polar surface area (TPSA) is 50.5 Å². The quantitative estimate of drug-likeness (QED) is 0.804. The van der Waals surface area contributed by atoms with Crippen LogP contribution in [0.4, 0.5) is 0 Å². The lowest BCUT2D eigenvalue weighted by atomic mass is 10.2. The molecule has 5 heteroatoms. The predicted octanol–water partition coefficient (Wildman–Crippen LogP) is 0.304. The summed E-state index contributed by atoms with van der Waals surface area (Å²) < 4.78 is 7.11. The SMILES string of the molecule is COc1c(CN2CC[C@H](O)C2)c(C)nn1C. The maximum absolute atomic E-state index is 9.48. The summed E-state index contributed by atoms with van der Waals surface area (Å²) in [6.07, 6.45) is 0.685. The first-order valence-electron chi connectivity index (χ1n) is 5.58. The first-order chi connectivity index (χ1) is 7.61. The van der Waals surface area contributed by atoms with Gasteiger partial charge >= 0.3 is 0 Å². The van der Waals surface area contributed by atoms with Gasteiger partial charge in [0.25, 0.3) is 0 Å². The Morgan fingerprint density at radius 2 is 2.31 bits per heavy atom. The van der Waals surface area contributed by atoms with Crippen LogP contribution in [-0.4, -0.2) is 46.1 Å². The Hall–Kier alpha value is -1.07. The van der Waals surface area contributed by atoms with Crippen LogP contribution in [0.5, 0.6) is 5.88 Å². The predicted molar refractivity (Wildman–Crippen MR) is 60.4 cm³/mol. The molecule has 0 aromatic carbocycles. The van der Waals surface area contributed by atoms with Gasteiger partial charge in [-0.3, -0.25) is 4.90 Å². The van der Waals surface area contributed by atoms with Gasteiger partial charge in [-0.25, -0.2) is 4.68 Å². The number of aliphatic hydroxyl groups is 1. The Kier molecular flexibility index (Phi) is 3.16. The number of aliphatic hydroxyl groups excluding tert-OH is 1. The van der Waals surface area contributed by atoms with Gasteiger partial charge in [0.1, 0.15) is 0 Å². The first-order valence-corrected chi connectivity index (χ1v) is 5.58. The number of β-amino-alcohol motifs (C(OH)–C–C–N with tert-alkyl or cyclic N) is 1. The molecule has 1 N–H and O–H groups in total. The van der Waals surface area contributed by atoms with Crippen molar-refractivity contribution >= 4 is 0 Å². The molecule has 1 saturated heterocycles. The number of ether oxygens (including phenoxy) is 1. The van der Waals surface area contributed by atoms with E-state index in [2.05, 4.69) is 10.00 Å². The molecule has 1 atom stereocenters. The number of hydrogen-bond donors (Lipinski definition) is 1. The van der Waals surface area contributed by atoms with Crippen LogP contribution in [0.25, 0.3) is 0 Å². The van der Waals surface area contributed by atoms with Crippen LogP contribution in [0.2, 0.25) is 0 Å². The molecule has 1 aromatic rings. The van der Waals surface area contributed by atoms with Crippen molar-refractivity contribution in [3.05, 3.63) is 11.3 Å². The zero-order valence-corrected chi connectivity index (χ0v) is 10.1. The Morgan fingerprint density at radius 1 is 1.56 bits per heavy atom. The highest BCUT2D eigenvalue weighted by Gasteiger charge is 2.23. The molecule has 0 radical (unpaired) electrons. The lowest BCUT2D eigenvalue weighted by Crippen LogP contribution is -2.22. The summed E-state index contributed by atoms with van der Waals surface area (Å²) in [6, 6.07) is 0. The fourth-order valence-electron chi connectivity index (χ4n) is 2.30. The normalized spacial score (nSPS) is 21.6. The molecule has 0 bridgehead atoms. The molecule has 0 unspecified atom stereocenters. The van der Waals surface area contributed by atoms with Crippen molar-refractivity contribution in [3.8, 4) is 5.88 Å². The lowest BCUT2D eigenvalue weighted by Gasteiger charge is -2.15. The molecule has 2 heterocycles. The summed E-state index contributed by atoms with van der Waals surface area (Å²) >= 11 is 0. The molecule has 2 rings (SSSR count). The van der Waals surface area contributed by atoms with Gasteiger partial charge in [-0.2, -0.15) is 5.10 Å². The molecular formula is C11H19N3O2. The minimum atomic E-state index is -0.178. The summed E-state index contributed by atoms with van der Waals surface area (Å²) in [5.74, 6) is 0.818. The van der Waals surface area contributed by atoms with Crippen LogP contribution in [0.3, 0.4) is 0 Å². The van der Waals surface area contributed by atoms with Crippen LogP contribution in [0.15, 0.2) is 0 Å². The molecule has 16 heavy (non-hydrogen) atoms. The molecule has 1 aromatic heterocycles. The summed E-state index contributed by atoms with van der Waals surface area (Å²) in [6.45, 7) is 4.49. The van der Waals surface area contributed by atoms with E-state index in [-0.39, 0.29) is 6.10 Å². The smallest absolute Gasteiger partial charge is 0.216 e. The average molecular weight is 225 g/mol. The van der Waals surface area contributed by atoms with Gasteiger partial charge in [-0.1, -0.05) is 0 Å². The van der Waals surface area contributed by atoms with E-state index >= 15 is 0 Å². The van der Waals surface area contributed by atoms with E-state index in [1.807, 2.05) is 14.0 Å². The highest BCUT2D eigenvalue weighted by molar-refractivity contribution is 5.30. The van der Waals surface area contributed by atoms with Crippen LogP contribution in [0, 0.1) is 6.92 Å². The fourth-order valence-corrected chi connectivity index (χ4v) is 2.30. The first kappa shape index (κ1) is 11.4. The number of aryl methyl sites for hydroxylation is 2. The number of nitrogens with zero attached hydrogens (tertiary/aromatic N) is 3. The Balaban J connectivity index is 2.14. The van der Waals surface area contributed by atoms with E-state index in [1.54, 1.807) is 11.8 Å². The molecule has 0 amide bonds. The van der Waals surface area contributed by atoms with Gasteiger partial charge in [0.2, 0.25) is 5.88 Å². The summed E-state index contributed by atoms with van der Waals surface area (Å²) in [5, 5.41) is 13.8. The lowest BCUT2D eigenvalue weighted by molar-refractivity contribution is 0.174. The van der Waals surface area contributed by atoms with Gasteiger partial charge in [0.15, 0.2) is 0 Å². The molecule has 90 valence electrons. The van der Waals surface area contributed by atoms with Gasteiger partial charge < -0.3 is 9.84 Å². The third kappa shape index (κ3) is 2.05. The molecule has 0 spiro atoms. The standard InChI is InChI=1S/C11H19N3O2/c1-8-10(11(16-3)13(2)12-8)7-14-5-4-9(15)6-14/h9,15H,4-7H2,1-3H3/t9-/m0/s1. The number of likely N-dealkylation sites (tertiary alicyclic amines) is 1. The molecule has 5 nitrogen and oxygen atoms in total. The van der Waals surface area contributed by atoms with Gasteiger partial charge in [-0.05, 0) is 13.3 Å². The number of hydrogen-bond acceptors (Lipinski definition) is 4. The van der Waals surface area contributed by atoms with Crippen molar-refractivity contribution in [2.45, 2.75) is 26.0 Å². The molecule has 0 aliphatic carbocycles. The van der Waals surface area contributed by atoms with Crippen molar-refractivity contribution < 1.29 is 9.84 Å². The monoisotopic (exact) mass is 225 g/mol. The molecular weight excluding hydrogens is 206 g/mol. The van der Waals surface area contributed by atoms with E-state index in [1.165, 1.54) is 0 Å². The van der Waals surface area contributed by atoms with E-state index in [4.69, 9.17) is 4.74 Å². The van der Waals surface area contributed by atoms with Gasteiger partial charge in [0, 0.05) is 26.7 Å². The number of methoxy groups -OCH3 is 1.